The molecular formula is C25H26F2N4O. The third-order valence-corrected chi connectivity index (χ3v) is 6.57. The number of nitrogens with one attached hydrogen (secondary N) is 1. The maximum absolute atomic E-state index is 14.7. The molecule has 5 rings (SSSR count). The summed E-state index contributed by atoms with van der Waals surface area (Å²) in [7, 11) is 0. The lowest BCUT2D eigenvalue weighted by Crippen LogP contribution is -2.44. The molecule has 0 aliphatic carbocycles. The van der Waals surface area contributed by atoms with Gasteiger partial charge in [-0.1, -0.05) is 12.2 Å². The van der Waals surface area contributed by atoms with Crippen LogP contribution in [0.2, 0.25) is 0 Å². The number of hydrogen-bond donors (Lipinski definition) is 1. The fourth-order valence-corrected chi connectivity index (χ4v) is 5.01. The summed E-state index contributed by atoms with van der Waals surface area (Å²) < 4.78 is 29.6. The van der Waals surface area contributed by atoms with Crippen molar-refractivity contribution in [3.63, 3.8) is 0 Å². The summed E-state index contributed by atoms with van der Waals surface area (Å²) >= 11 is 0. The van der Waals surface area contributed by atoms with Gasteiger partial charge in [0.2, 0.25) is 0 Å². The molecule has 0 saturated carbocycles. The number of piperidine rings is 1. The lowest BCUT2D eigenvalue weighted by molar-refractivity contribution is 0.186. The zero-order valence-electron chi connectivity index (χ0n) is 17.8. The molecule has 2 aliphatic heterocycles. The molecule has 166 valence electrons. The number of benzene rings is 1. The Morgan fingerprint density at radius 2 is 1.94 bits per heavy atom. The Labute approximate surface area is 185 Å². The zero-order valence-corrected chi connectivity index (χ0v) is 17.8. The van der Waals surface area contributed by atoms with E-state index in [9.17, 15) is 13.6 Å². The highest BCUT2D eigenvalue weighted by Gasteiger charge is 2.31. The van der Waals surface area contributed by atoms with E-state index in [0.29, 0.717) is 18.2 Å². The third kappa shape index (κ3) is 4.23. The first-order chi connectivity index (χ1) is 15.6. The van der Waals surface area contributed by atoms with Gasteiger partial charge in [0.25, 0.3) is 5.56 Å². The molecule has 0 amide bonds. The van der Waals surface area contributed by atoms with Crippen LogP contribution in [0.3, 0.4) is 0 Å². The molecule has 1 N–H and O–H groups in total. The van der Waals surface area contributed by atoms with Crippen LogP contribution in [0.1, 0.15) is 29.9 Å². The molecule has 2 aliphatic rings. The quantitative estimate of drug-likeness (QED) is 0.642. The van der Waals surface area contributed by atoms with Crippen LogP contribution < -0.4 is 10.9 Å². The predicted molar refractivity (Wildman–Crippen MR) is 122 cm³/mol. The number of likely N-dealkylation sites (tertiary alicyclic amines) is 1. The molecule has 0 radical (unpaired) electrons. The third-order valence-electron chi connectivity index (χ3n) is 6.57. The second-order valence-corrected chi connectivity index (χ2v) is 8.70. The normalized spacial score (nSPS) is 19.4. The van der Waals surface area contributed by atoms with Crippen LogP contribution >= 0.6 is 0 Å². The highest BCUT2D eigenvalue weighted by Crippen LogP contribution is 2.35. The summed E-state index contributed by atoms with van der Waals surface area (Å²) in [5.41, 5.74) is 2.15. The summed E-state index contributed by atoms with van der Waals surface area (Å²) in [6.07, 6.45) is 8.72. The molecule has 4 heterocycles. The lowest BCUT2D eigenvalue weighted by Gasteiger charge is -2.34. The van der Waals surface area contributed by atoms with Crippen molar-refractivity contribution in [1.82, 2.24) is 19.8 Å². The Bertz CT molecular complexity index is 1210. The largest absolute Gasteiger partial charge is 0.310 e. The van der Waals surface area contributed by atoms with Crippen LogP contribution in [0, 0.1) is 11.6 Å². The van der Waals surface area contributed by atoms with Crippen LogP contribution in [0.4, 0.5) is 8.78 Å². The topological polar surface area (TPSA) is 50.2 Å². The van der Waals surface area contributed by atoms with Gasteiger partial charge in [0.05, 0.1) is 11.7 Å². The van der Waals surface area contributed by atoms with Crippen molar-refractivity contribution in [3.8, 4) is 0 Å². The average Bonchev–Trinajstić information content (AvgIpc) is 3.18. The standard InChI is InChI=1S/C25H26F2N4O/c26-20-12-17(13-28-14-20)2-1-9-29-21-7-10-30(11-8-21)15-19-16-31-23(32)6-4-18-3-5-22(27)24(19)25(18)31/h1-6,12-14,19,21,29H,7-11,15-16H2/b2-1+/t19-/m1/s1. The Morgan fingerprint density at radius 1 is 1.12 bits per heavy atom. The minimum Gasteiger partial charge on any atom is -0.310 e. The lowest BCUT2D eigenvalue weighted by atomic mass is 9.97. The van der Waals surface area contributed by atoms with E-state index in [0.717, 1.165) is 55.5 Å². The van der Waals surface area contributed by atoms with Gasteiger partial charge in [-0.25, -0.2) is 8.78 Å². The van der Waals surface area contributed by atoms with Gasteiger partial charge in [-0.2, -0.15) is 0 Å². The van der Waals surface area contributed by atoms with Crippen molar-refractivity contribution in [2.24, 2.45) is 0 Å². The fourth-order valence-electron chi connectivity index (χ4n) is 5.01. The van der Waals surface area contributed by atoms with Crippen LogP contribution in [-0.2, 0) is 6.54 Å². The molecule has 0 bridgehead atoms. The molecule has 3 aromatic rings. The Morgan fingerprint density at radius 3 is 2.75 bits per heavy atom. The van der Waals surface area contributed by atoms with E-state index < -0.39 is 0 Å². The van der Waals surface area contributed by atoms with Gasteiger partial charge in [-0.15, -0.1) is 0 Å². The monoisotopic (exact) mass is 436 g/mol. The van der Waals surface area contributed by atoms with Gasteiger partial charge in [0.1, 0.15) is 11.6 Å². The molecule has 32 heavy (non-hydrogen) atoms. The zero-order chi connectivity index (χ0) is 22.1. The van der Waals surface area contributed by atoms with Crippen LogP contribution in [0.25, 0.3) is 17.0 Å². The SMILES string of the molecule is O=c1ccc2ccc(F)c3c2n1C[C@H]3CN1CCC(NC/C=C/c2cncc(F)c2)CC1. The number of rotatable bonds is 6. The Kier molecular flexibility index (Phi) is 5.85. The van der Waals surface area contributed by atoms with Gasteiger partial charge in [0, 0.05) is 49.4 Å². The van der Waals surface area contributed by atoms with Gasteiger partial charge >= 0.3 is 0 Å². The molecular weight excluding hydrogens is 410 g/mol. The molecule has 0 unspecified atom stereocenters. The van der Waals surface area contributed by atoms with E-state index in [4.69, 9.17) is 0 Å². The van der Waals surface area contributed by atoms with Gasteiger partial charge in [-0.05, 0) is 61.1 Å². The van der Waals surface area contributed by atoms with Gasteiger partial charge < -0.3 is 14.8 Å². The van der Waals surface area contributed by atoms with Crippen molar-refractivity contribution >= 4 is 17.0 Å². The first kappa shape index (κ1) is 21.0. The van der Waals surface area contributed by atoms with Crippen molar-refractivity contribution < 1.29 is 8.78 Å². The van der Waals surface area contributed by atoms with Crippen molar-refractivity contribution in [3.05, 3.63) is 81.9 Å². The van der Waals surface area contributed by atoms with E-state index in [1.54, 1.807) is 29.0 Å². The molecule has 5 nitrogen and oxygen atoms in total. The van der Waals surface area contributed by atoms with Gasteiger partial charge in [0.15, 0.2) is 0 Å². The van der Waals surface area contributed by atoms with Crippen LogP contribution in [-0.4, -0.2) is 46.7 Å². The molecule has 1 saturated heterocycles. The number of aromatic nitrogens is 2. The van der Waals surface area contributed by atoms with Gasteiger partial charge in [-0.3, -0.25) is 9.78 Å². The predicted octanol–water partition coefficient (Wildman–Crippen LogP) is 3.54. The summed E-state index contributed by atoms with van der Waals surface area (Å²) in [5.74, 6) is -0.545. The summed E-state index contributed by atoms with van der Waals surface area (Å²) in [5, 5.41) is 4.46. The number of halogens is 2. The fraction of sp³-hybridized carbons (Fsp3) is 0.360. The van der Waals surface area contributed by atoms with E-state index in [1.807, 2.05) is 12.2 Å². The maximum Gasteiger partial charge on any atom is 0.251 e. The smallest absolute Gasteiger partial charge is 0.251 e. The minimum absolute atomic E-state index is 0.00104. The number of hydrogen-bond acceptors (Lipinski definition) is 4. The number of pyridine rings is 2. The highest BCUT2D eigenvalue weighted by atomic mass is 19.1. The van der Waals surface area contributed by atoms with Crippen molar-refractivity contribution in [2.75, 3.05) is 26.2 Å². The first-order valence-corrected chi connectivity index (χ1v) is 11.1. The molecule has 7 heteroatoms. The minimum atomic E-state index is -0.334. The molecule has 1 fully saturated rings. The second-order valence-electron chi connectivity index (χ2n) is 8.70. The maximum atomic E-state index is 14.7. The van der Waals surface area contributed by atoms with E-state index >= 15 is 0 Å². The van der Waals surface area contributed by atoms with E-state index in [-0.39, 0.29) is 23.1 Å². The molecule has 1 aromatic carbocycles. The molecule has 2 aromatic heterocycles. The van der Waals surface area contributed by atoms with E-state index in [2.05, 4.69) is 15.2 Å². The molecule has 1 atom stereocenters. The number of nitrogens with zero attached hydrogens (tertiary/aromatic N) is 3. The summed E-state index contributed by atoms with van der Waals surface area (Å²) in [6, 6.07) is 8.52. The first-order valence-electron chi connectivity index (χ1n) is 11.1. The molecule has 0 spiro atoms. The second kappa shape index (κ2) is 8.92. The van der Waals surface area contributed by atoms with Crippen LogP contribution in [0.15, 0.2) is 53.6 Å². The van der Waals surface area contributed by atoms with Crippen molar-refractivity contribution in [1.29, 1.82) is 0 Å². The average molecular weight is 437 g/mol. The van der Waals surface area contributed by atoms with E-state index in [1.165, 1.54) is 18.3 Å². The van der Waals surface area contributed by atoms with Crippen molar-refractivity contribution in [2.45, 2.75) is 31.3 Å². The highest BCUT2D eigenvalue weighted by molar-refractivity contribution is 5.84. The Balaban J connectivity index is 1.15. The Hall–Kier alpha value is -2.90. The summed E-state index contributed by atoms with van der Waals surface area (Å²) in [6.45, 7) is 3.90. The summed E-state index contributed by atoms with van der Waals surface area (Å²) in [4.78, 5) is 18.5. The van der Waals surface area contributed by atoms with Crippen LogP contribution in [0.5, 0.6) is 0 Å².